The van der Waals surface area contributed by atoms with E-state index in [1.54, 1.807) is 7.11 Å². The van der Waals surface area contributed by atoms with Crippen molar-refractivity contribution in [1.29, 1.82) is 0 Å². The van der Waals surface area contributed by atoms with E-state index in [0.29, 0.717) is 19.1 Å². The second-order valence-corrected chi connectivity index (χ2v) is 9.01. The van der Waals surface area contributed by atoms with Crippen LogP contribution in [0.15, 0.2) is 47.1 Å². The molecule has 0 saturated heterocycles. The number of benzene rings is 1. The molecule has 0 bridgehead atoms. The van der Waals surface area contributed by atoms with Gasteiger partial charge in [0.2, 0.25) is 5.91 Å². The number of carbonyl (C=O) groups is 1. The number of halogens is 1. The SMILES string of the molecule is COCCCNCC(=O)N(Cc1cccn1Cc1ccc(Br)cc1)C1CCCCC1. The Kier molecular flexibility index (Phi) is 9.43. The molecule has 1 aromatic carbocycles. The highest BCUT2D eigenvalue weighted by molar-refractivity contribution is 9.10. The van der Waals surface area contributed by atoms with Crippen molar-refractivity contribution < 1.29 is 9.53 Å². The van der Waals surface area contributed by atoms with Gasteiger partial charge in [0.1, 0.15) is 0 Å². The molecule has 2 aromatic rings. The first-order valence-electron chi connectivity index (χ1n) is 11.0. The van der Waals surface area contributed by atoms with Crippen LogP contribution in [-0.4, -0.2) is 48.2 Å². The molecule has 1 aromatic heterocycles. The average molecular weight is 476 g/mol. The van der Waals surface area contributed by atoms with Gasteiger partial charge < -0.3 is 19.5 Å². The van der Waals surface area contributed by atoms with Crippen LogP contribution in [0.4, 0.5) is 0 Å². The molecule has 1 fully saturated rings. The third kappa shape index (κ3) is 6.96. The highest BCUT2D eigenvalue weighted by Gasteiger charge is 2.26. The van der Waals surface area contributed by atoms with Crippen LogP contribution < -0.4 is 5.32 Å². The second-order valence-electron chi connectivity index (χ2n) is 8.09. The van der Waals surface area contributed by atoms with Gasteiger partial charge in [0.05, 0.1) is 13.1 Å². The van der Waals surface area contributed by atoms with Crippen LogP contribution in [-0.2, 0) is 22.6 Å². The van der Waals surface area contributed by atoms with E-state index < -0.39 is 0 Å². The standard InChI is InChI=1S/C24H34BrN3O2/c1-30-16-6-14-26-17-24(29)28(22-7-3-2-4-8-22)19-23-9-5-15-27(23)18-20-10-12-21(25)13-11-20/h5,9-13,15,22,26H,2-4,6-8,14,16-19H2,1H3. The Morgan fingerprint density at radius 2 is 1.97 bits per heavy atom. The van der Waals surface area contributed by atoms with Crippen molar-refractivity contribution in [3.63, 3.8) is 0 Å². The zero-order chi connectivity index (χ0) is 21.2. The molecule has 0 spiro atoms. The van der Waals surface area contributed by atoms with Crippen LogP contribution in [0.2, 0.25) is 0 Å². The van der Waals surface area contributed by atoms with Crippen LogP contribution in [0.1, 0.15) is 49.8 Å². The number of aromatic nitrogens is 1. The minimum atomic E-state index is 0.204. The number of nitrogens with zero attached hydrogens (tertiary/aromatic N) is 2. The van der Waals surface area contributed by atoms with Crippen molar-refractivity contribution in [3.05, 3.63) is 58.3 Å². The lowest BCUT2D eigenvalue weighted by Gasteiger charge is -2.35. The average Bonchev–Trinajstić information content (AvgIpc) is 3.20. The van der Waals surface area contributed by atoms with Gasteiger partial charge in [0.25, 0.3) is 0 Å². The van der Waals surface area contributed by atoms with Crippen molar-refractivity contribution in [3.8, 4) is 0 Å². The predicted molar refractivity (Wildman–Crippen MR) is 124 cm³/mol. The monoisotopic (exact) mass is 475 g/mol. The Hall–Kier alpha value is -1.63. The van der Waals surface area contributed by atoms with Crippen molar-refractivity contribution in [2.75, 3.05) is 26.8 Å². The molecular weight excluding hydrogens is 442 g/mol. The minimum Gasteiger partial charge on any atom is -0.385 e. The van der Waals surface area contributed by atoms with Gasteiger partial charge in [0.15, 0.2) is 0 Å². The highest BCUT2D eigenvalue weighted by atomic mass is 79.9. The molecule has 1 amide bonds. The zero-order valence-corrected chi connectivity index (χ0v) is 19.6. The first kappa shape index (κ1) is 23.0. The number of rotatable bonds is 11. The number of nitrogens with one attached hydrogen (secondary N) is 1. The molecule has 30 heavy (non-hydrogen) atoms. The van der Waals surface area contributed by atoms with Gasteiger partial charge in [-0.15, -0.1) is 0 Å². The zero-order valence-electron chi connectivity index (χ0n) is 18.0. The largest absolute Gasteiger partial charge is 0.385 e. The summed E-state index contributed by atoms with van der Waals surface area (Å²) >= 11 is 3.50. The number of hydrogen-bond acceptors (Lipinski definition) is 3. The van der Waals surface area contributed by atoms with E-state index in [-0.39, 0.29) is 5.91 Å². The van der Waals surface area contributed by atoms with Gasteiger partial charge in [-0.05, 0) is 55.6 Å². The predicted octanol–water partition coefficient (Wildman–Crippen LogP) is 4.59. The second kappa shape index (κ2) is 12.3. The summed E-state index contributed by atoms with van der Waals surface area (Å²) in [6.07, 6.45) is 8.98. The topological polar surface area (TPSA) is 46.5 Å². The van der Waals surface area contributed by atoms with Crippen LogP contribution in [0.25, 0.3) is 0 Å². The van der Waals surface area contributed by atoms with Gasteiger partial charge >= 0.3 is 0 Å². The molecule has 1 saturated carbocycles. The molecule has 1 aliphatic carbocycles. The molecule has 1 N–H and O–H groups in total. The molecule has 164 valence electrons. The molecule has 1 aliphatic rings. The maximum Gasteiger partial charge on any atom is 0.237 e. The Morgan fingerprint density at radius 1 is 1.20 bits per heavy atom. The normalized spacial score (nSPS) is 14.7. The molecule has 3 rings (SSSR count). The van der Waals surface area contributed by atoms with Crippen molar-refractivity contribution >= 4 is 21.8 Å². The first-order chi connectivity index (χ1) is 14.7. The number of ether oxygens (including phenoxy) is 1. The minimum absolute atomic E-state index is 0.204. The van der Waals surface area contributed by atoms with Crippen LogP contribution in [0.5, 0.6) is 0 Å². The summed E-state index contributed by atoms with van der Waals surface area (Å²) in [6.45, 7) is 3.41. The quantitative estimate of drug-likeness (QED) is 0.483. The summed E-state index contributed by atoms with van der Waals surface area (Å²) < 4.78 is 8.44. The van der Waals surface area contributed by atoms with Gasteiger partial charge in [-0.25, -0.2) is 0 Å². The van der Waals surface area contributed by atoms with E-state index in [0.717, 1.165) is 43.4 Å². The molecular formula is C24H34BrN3O2. The van der Waals surface area contributed by atoms with E-state index >= 15 is 0 Å². The van der Waals surface area contributed by atoms with E-state index in [4.69, 9.17) is 4.74 Å². The lowest BCUT2D eigenvalue weighted by atomic mass is 9.94. The van der Waals surface area contributed by atoms with Crippen LogP contribution in [0, 0.1) is 0 Å². The van der Waals surface area contributed by atoms with Crippen molar-refractivity contribution in [2.45, 2.75) is 57.7 Å². The Morgan fingerprint density at radius 3 is 2.70 bits per heavy atom. The fourth-order valence-corrected chi connectivity index (χ4v) is 4.42. The summed E-state index contributed by atoms with van der Waals surface area (Å²) in [6, 6.07) is 13.0. The van der Waals surface area contributed by atoms with E-state index in [1.165, 1.54) is 30.5 Å². The Balaban J connectivity index is 1.66. The molecule has 0 aliphatic heterocycles. The fourth-order valence-electron chi connectivity index (χ4n) is 4.16. The first-order valence-corrected chi connectivity index (χ1v) is 11.8. The third-order valence-electron chi connectivity index (χ3n) is 5.84. The van der Waals surface area contributed by atoms with Gasteiger partial charge in [-0.1, -0.05) is 47.3 Å². The maximum absolute atomic E-state index is 13.1. The maximum atomic E-state index is 13.1. The molecule has 1 heterocycles. The summed E-state index contributed by atoms with van der Waals surface area (Å²) in [4.78, 5) is 15.2. The lowest BCUT2D eigenvalue weighted by molar-refractivity contribution is -0.134. The van der Waals surface area contributed by atoms with Gasteiger partial charge in [0, 0.05) is 42.7 Å². The van der Waals surface area contributed by atoms with Crippen molar-refractivity contribution in [2.24, 2.45) is 0 Å². The molecule has 0 radical (unpaired) electrons. The van der Waals surface area contributed by atoms with E-state index in [9.17, 15) is 4.79 Å². The van der Waals surface area contributed by atoms with Crippen LogP contribution >= 0.6 is 15.9 Å². The summed E-state index contributed by atoms with van der Waals surface area (Å²) in [5.41, 5.74) is 2.45. The molecule has 0 atom stereocenters. The van der Waals surface area contributed by atoms with E-state index in [2.05, 4.69) is 73.3 Å². The highest BCUT2D eigenvalue weighted by Crippen LogP contribution is 2.24. The lowest BCUT2D eigenvalue weighted by Crippen LogP contribution is -2.45. The van der Waals surface area contributed by atoms with Crippen molar-refractivity contribution in [1.82, 2.24) is 14.8 Å². The number of methoxy groups -OCH3 is 1. The smallest absolute Gasteiger partial charge is 0.237 e. The Labute approximate surface area is 188 Å². The number of hydrogen-bond donors (Lipinski definition) is 1. The fraction of sp³-hybridized carbons (Fsp3) is 0.542. The van der Waals surface area contributed by atoms with Gasteiger partial charge in [-0.2, -0.15) is 0 Å². The summed E-state index contributed by atoms with van der Waals surface area (Å²) in [5.74, 6) is 0.204. The summed E-state index contributed by atoms with van der Waals surface area (Å²) in [7, 11) is 1.71. The molecule has 5 nitrogen and oxygen atoms in total. The van der Waals surface area contributed by atoms with E-state index in [1.807, 2.05) is 0 Å². The Bertz CT molecular complexity index is 769. The molecule has 0 unspecified atom stereocenters. The van der Waals surface area contributed by atoms with Crippen LogP contribution in [0.3, 0.4) is 0 Å². The number of amides is 1. The molecule has 6 heteroatoms. The third-order valence-corrected chi connectivity index (χ3v) is 6.36. The number of carbonyl (C=O) groups excluding carboxylic acids is 1. The van der Waals surface area contributed by atoms with Gasteiger partial charge in [-0.3, -0.25) is 4.79 Å². The summed E-state index contributed by atoms with van der Waals surface area (Å²) in [5, 5.41) is 3.30.